The minimum atomic E-state index is -0.795. The molecular weight excluding hydrogens is 412 g/mol. The van der Waals surface area contributed by atoms with Gasteiger partial charge in [0.05, 0.1) is 14.2 Å². The first-order valence-electron chi connectivity index (χ1n) is 9.89. The van der Waals surface area contributed by atoms with Crippen LogP contribution >= 0.6 is 0 Å². The van der Waals surface area contributed by atoms with Crippen molar-refractivity contribution in [1.82, 2.24) is 20.2 Å². The number of hydrogen-bond acceptors (Lipinski definition) is 7. The molecule has 0 fully saturated rings. The zero-order valence-corrected chi connectivity index (χ0v) is 18.4. The number of hydrogen-bond donors (Lipinski definition) is 3. The molecule has 3 rings (SSSR count). The van der Waals surface area contributed by atoms with E-state index in [1.807, 2.05) is 31.1 Å². The Labute approximate surface area is 185 Å². The van der Waals surface area contributed by atoms with Gasteiger partial charge in [0.25, 0.3) is 11.5 Å². The fourth-order valence-corrected chi connectivity index (χ4v) is 3.25. The summed E-state index contributed by atoms with van der Waals surface area (Å²) in [6.07, 6.45) is 0. The summed E-state index contributed by atoms with van der Waals surface area (Å²) in [5, 5.41) is 12.8. The number of amides is 1. The Kier molecular flexibility index (Phi) is 7.11. The van der Waals surface area contributed by atoms with E-state index in [1.165, 1.54) is 14.2 Å². The maximum atomic E-state index is 12.7. The third kappa shape index (κ3) is 5.06. The van der Waals surface area contributed by atoms with Gasteiger partial charge in [-0.15, -0.1) is 0 Å². The maximum absolute atomic E-state index is 12.7. The summed E-state index contributed by atoms with van der Waals surface area (Å²) in [7, 11) is 6.97. The van der Waals surface area contributed by atoms with Crippen LogP contribution in [0.15, 0.2) is 47.3 Å². The van der Waals surface area contributed by atoms with E-state index in [2.05, 4.69) is 15.3 Å². The van der Waals surface area contributed by atoms with Crippen molar-refractivity contribution < 1.29 is 19.4 Å². The fraction of sp³-hybridized carbons (Fsp3) is 0.261. The fourth-order valence-electron chi connectivity index (χ4n) is 3.25. The molecule has 0 aliphatic rings. The SMILES string of the molecule is COc1cccc(CNC(=O)c2nc(-c3ccc(CN(C)C)cc3)[nH]c(=O)c2O)c1OC. The van der Waals surface area contributed by atoms with E-state index < -0.39 is 17.2 Å². The van der Waals surface area contributed by atoms with Gasteiger partial charge in [0.2, 0.25) is 5.75 Å². The van der Waals surface area contributed by atoms with Gasteiger partial charge in [-0.2, -0.15) is 0 Å². The number of aromatic nitrogens is 2. The van der Waals surface area contributed by atoms with Crippen LogP contribution < -0.4 is 20.3 Å². The summed E-state index contributed by atoms with van der Waals surface area (Å²) < 4.78 is 10.6. The van der Waals surface area contributed by atoms with Gasteiger partial charge >= 0.3 is 0 Å². The summed E-state index contributed by atoms with van der Waals surface area (Å²) in [5.41, 5.74) is 1.22. The number of nitrogens with one attached hydrogen (secondary N) is 2. The predicted octanol–water partition coefficient (Wildman–Crippen LogP) is 2.15. The quantitative estimate of drug-likeness (QED) is 0.493. The number of ether oxygens (including phenoxy) is 2. The Morgan fingerprint density at radius 1 is 1.12 bits per heavy atom. The second-order valence-electron chi connectivity index (χ2n) is 7.38. The molecule has 0 saturated heterocycles. The highest BCUT2D eigenvalue weighted by Gasteiger charge is 2.19. The van der Waals surface area contributed by atoms with Crippen LogP contribution in [0.25, 0.3) is 11.4 Å². The predicted molar refractivity (Wildman–Crippen MR) is 120 cm³/mol. The molecule has 0 saturated carbocycles. The number of carbonyl (C=O) groups excluding carboxylic acids is 1. The van der Waals surface area contributed by atoms with Gasteiger partial charge in [0.1, 0.15) is 5.82 Å². The third-order valence-corrected chi connectivity index (χ3v) is 4.76. The summed E-state index contributed by atoms with van der Waals surface area (Å²) >= 11 is 0. The Hall–Kier alpha value is -3.85. The normalized spacial score (nSPS) is 10.8. The van der Waals surface area contributed by atoms with Crippen LogP contribution in [-0.4, -0.2) is 54.2 Å². The molecule has 0 aliphatic carbocycles. The van der Waals surface area contributed by atoms with Gasteiger partial charge in [-0.05, 0) is 25.7 Å². The molecule has 3 N–H and O–H groups in total. The maximum Gasteiger partial charge on any atom is 0.294 e. The highest BCUT2D eigenvalue weighted by atomic mass is 16.5. The zero-order valence-electron chi connectivity index (χ0n) is 18.4. The lowest BCUT2D eigenvalue weighted by Crippen LogP contribution is -2.26. The number of rotatable bonds is 8. The smallest absolute Gasteiger partial charge is 0.294 e. The minimum absolute atomic E-state index is 0.0850. The summed E-state index contributed by atoms with van der Waals surface area (Å²) in [4.78, 5) is 33.7. The average Bonchev–Trinajstić information content (AvgIpc) is 2.78. The van der Waals surface area contributed by atoms with Gasteiger partial charge in [0, 0.05) is 24.2 Å². The van der Waals surface area contributed by atoms with E-state index in [0.29, 0.717) is 22.6 Å². The second-order valence-corrected chi connectivity index (χ2v) is 7.38. The number of carbonyl (C=O) groups is 1. The molecule has 0 radical (unpaired) electrons. The lowest BCUT2D eigenvalue weighted by molar-refractivity contribution is 0.0942. The number of H-pyrrole nitrogens is 1. The topological polar surface area (TPSA) is 117 Å². The summed E-state index contributed by atoms with van der Waals surface area (Å²) in [6, 6.07) is 12.7. The Morgan fingerprint density at radius 3 is 2.47 bits per heavy atom. The van der Waals surface area contributed by atoms with Crippen LogP contribution in [0.5, 0.6) is 17.2 Å². The average molecular weight is 438 g/mol. The number of methoxy groups -OCH3 is 2. The van der Waals surface area contributed by atoms with Crippen molar-refractivity contribution in [3.63, 3.8) is 0 Å². The highest BCUT2D eigenvalue weighted by molar-refractivity contribution is 5.95. The first-order chi connectivity index (χ1) is 15.3. The lowest BCUT2D eigenvalue weighted by atomic mass is 10.1. The van der Waals surface area contributed by atoms with E-state index in [1.54, 1.807) is 30.3 Å². The lowest BCUT2D eigenvalue weighted by Gasteiger charge is -2.13. The van der Waals surface area contributed by atoms with Crippen molar-refractivity contribution >= 4 is 5.91 Å². The van der Waals surface area contributed by atoms with E-state index >= 15 is 0 Å². The summed E-state index contributed by atoms with van der Waals surface area (Å²) in [5.74, 6) is -0.237. The molecule has 3 aromatic rings. The molecule has 0 bridgehead atoms. The van der Waals surface area contributed by atoms with Crippen molar-refractivity contribution in [2.24, 2.45) is 0 Å². The van der Waals surface area contributed by atoms with Crippen molar-refractivity contribution in [2.75, 3.05) is 28.3 Å². The molecule has 1 heterocycles. The number of para-hydroxylation sites is 1. The van der Waals surface area contributed by atoms with Crippen LogP contribution in [0, 0.1) is 0 Å². The third-order valence-electron chi connectivity index (χ3n) is 4.76. The molecule has 1 amide bonds. The molecule has 32 heavy (non-hydrogen) atoms. The van der Waals surface area contributed by atoms with Gasteiger partial charge in [-0.25, -0.2) is 4.98 Å². The number of aromatic amines is 1. The molecule has 9 heteroatoms. The van der Waals surface area contributed by atoms with E-state index in [9.17, 15) is 14.7 Å². The van der Waals surface area contributed by atoms with Gasteiger partial charge < -0.3 is 29.8 Å². The number of benzene rings is 2. The molecule has 168 valence electrons. The highest BCUT2D eigenvalue weighted by Crippen LogP contribution is 2.30. The summed E-state index contributed by atoms with van der Waals surface area (Å²) in [6.45, 7) is 0.850. The molecule has 0 unspecified atom stereocenters. The van der Waals surface area contributed by atoms with Gasteiger partial charge in [0.15, 0.2) is 17.2 Å². The van der Waals surface area contributed by atoms with Crippen molar-refractivity contribution in [2.45, 2.75) is 13.1 Å². The minimum Gasteiger partial charge on any atom is -0.501 e. The Balaban J connectivity index is 1.85. The largest absolute Gasteiger partial charge is 0.501 e. The number of aromatic hydroxyl groups is 1. The van der Waals surface area contributed by atoms with Crippen LogP contribution in [0.4, 0.5) is 0 Å². The van der Waals surface area contributed by atoms with Crippen LogP contribution in [0.3, 0.4) is 0 Å². The Morgan fingerprint density at radius 2 is 1.84 bits per heavy atom. The van der Waals surface area contributed by atoms with Crippen LogP contribution in [-0.2, 0) is 13.1 Å². The standard InChI is InChI=1S/C23H26N4O5/c1-27(2)13-14-8-10-15(11-9-14)21-25-18(19(28)23(30)26-21)22(29)24-12-16-6-5-7-17(31-3)20(16)32-4/h5-11,28H,12-13H2,1-4H3,(H,24,29)(H,25,26,30). The molecule has 9 nitrogen and oxygen atoms in total. The van der Waals surface area contributed by atoms with E-state index in [-0.39, 0.29) is 18.1 Å². The Bertz CT molecular complexity index is 1160. The molecule has 0 aliphatic heterocycles. The zero-order chi connectivity index (χ0) is 23.3. The second kappa shape index (κ2) is 9.97. The molecular formula is C23H26N4O5. The monoisotopic (exact) mass is 438 g/mol. The van der Waals surface area contributed by atoms with Crippen LogP contribution in [0.2, 0.25) is 0 Å². The van der Waals surface area contributed by atoms with E-state index in [0.717, 1.165) is 12.1 Å². The van der Waals surface area contributed by atoms with Crippen LogP contribution in [0.1, 0.15) is 21.6 Å². The first kappa shape index (κ1) is 22.8. The molecule has 1 aromatic heterocycles. The number of nitrogens with zero attached hydrogens (tertiary/aromatic N) is 2. The molecule has 0 spiro atoms. The van der Waals surface area contributed by atoms with Gasteiger partial charge in [-0.1, -0.05) is 36.4 Å². The van der Waals surface area contributed by atoms with Crippen molar-refractivity contribution in [3.05, 3.63) is 69.6 Å². The van der Waals surface area contributed by atoms with E-state index in [4.69, 9.17) is 9.47 Å². The van der Waals surface area contributed by atoms with Crippen molar-refractivity contribution in [3.8, 4) is 28.6 Å². The molecule has 2 aromatic carbocycles. The van der Waals surface area contributed by atoms with Crippen molar-refractivity contribution in [1.29, 1.82) is 0 Å². The molecule has 0 atom stereocenters. The first-order valence-corrected chi connectivity index (χ1v) is 9.89. The van der Waals surface area contributed by atoms with Gasteiger partial charge in [-0.3, -0.25) is 9.59 Å².